The van der Waals surface area contributed by atoms with Crippen LogP contribution in [0.1, 0.15) is 37.7 Å². The van der Waals surface area contributed by atoms with Crippen LogP contribution in [0.15, 0.2) is 18.2 Å². The third-order valence-corrected chi connectivity index (χ3v) is 5.56. The van der Waals surface area contributed by atoms with Crippen molar-refractivity contribution in [2.45, 2.75) is 44.6 Å². The quantitative estimate of drug-likeness (QED) is 0.556. The largest absolute Gasteiger partial charge is 0.456 e. The van der Waals surface area contributed by atoms with Gasteiger partial charge in [-0.15, -0.1) is 0 Å². The van der Waals surface area contributed by atoms with Gasteiger partial charge >= 0.3 is 12.0 Å². The number of amides is 4. The van der Waals surface area contributed by atoms with E-state index in [0.717, 1.165) is 17.7 Å². The molecule has 0 atom stereocenters. The summed E-state index contributed by atoms with van der Waals surface area (Å²) in [7, 11) is 0. The predicted octanol–water partition coefficient (Wildman–Crippen LogP) is 2.38. The molecule has 2 aliphatic rings. The van der Waals surface area contributed by atoms with Gasteiger partial charge in [-0.05, 0) is 37.5 Å². The zero-order chi connectivity index (χ0) is 20.3. The molecule has 2 fully saturated rings. The molecule has 9 heteroatoms. The van der Waals surface area contributed by atoms with Crippen LogP contribution in [0.3, 0.4) is 0 Å². The Morgan fingerprint density at radius 1 is 1.29 bits per heavy atom. The molecule has 0 radical (unpaired) electrons. The van der Waals surface area contributed by atoms with Crippen LogP contribution in [0.4, 0.5) is 10.5 Å². The number of anilines is 1. The lowest BCUT2D eigenvalue weighted by atomic mass is 9.98. The fourth-order valence-electron chi connectivity index (χ4n) is 3.55. The summed E-state index contributed by atoms with van der Waals surface area (Å²) >= 11 is 6.00. The van der Waals surface area contributed by atoms with Gasteiger partial charge in [0.15, 0.2) is 6.61 Å². The van der Waals surface area contributed by atoms with Gasteiger partial charge in [-0.1, -0.05) is 30.5 Å². The number of imide groups is 1. The van der Waals surface area contributed by atoms with Gasteiger partial charge in [-0.3, -0.25) is 19.3 Å². The van der Waals surface area contributed by atoms with Crippen LogP contribution in [-0.4, -0.2) is 47.4 Å². The first-order chi connectivity index (χ1) is 13.3. The Kier molecular flexibility index (Phi) is 5.88. The molecular weight excluding hydrogens is 386 g/mol. The highest BCUT2D eigenvalue weighted by Crippen LogP contribution is 2.35. The van der Waals surface area contributed by atoms with Crippen molar-refractivity contribution in [2.75, 3.05) is 18.5 Å². The van der Waals surface area contributed by atoms with Gasteiger partial charge in [-0.25, -0.2) is 4.79 Å². The normalized spacial score (nSPS) is 17.7. The van der Waals surface area contributed by atoms with Crippen LogP contribution in [0, 0.1) is 6.92 Å². The lowest BCUT2D eigenvalue weighted by Crippen LogP contribution is -2.44. The smallest absolute Gasteiger partial charge is 0.325 e. The highest BCUT2D eigenvalue weighted by molar-refractivity contribution is 6.31. The molecular formula is C19H22ClN3O5. The average molecular weight is 408 g/mol. The third-order valence-electron chi connectivity index (χ3n) is 5.15. The molecule has 0 bridgehead atoms. The second kappa shape index (κ2) is 8.18. The average Bonchev–Trinajstić information content (AvgIpc) is 3.21. The maximum Gasteiger partial charge on any atom is 0.325 e. The van der Waals surface area contributed by atoms with Gasteiger partial charge in [0.25, 0.3) is 11.8 Å². The van der Waals surface area contributed by atoms with Gasteiger partial charge in [-0.2, -0.15) is 0 Å². The van der Waals surface area contributed by atoms with Crippen molar-refractivity contribution in [3.8, 4) is 0 Å². The molecule has 2 N–H and O–H groups in total. The fourth-order valence-corrected chi connectivity index (χ4v) is 3.72. The van der Waals surface area contributed by atoms with Crippen molar-refractivity contribution < 1.29 is 23.9 Å². The van der Waals surface area contributed by atoms with E-state index in [-0.39, 0.29) is 18.9 Å². The zero-order valence-corrected chi connectivity index (χ0v) is 16.3. The molecule has 1 aromatic rings. The minimum Gasteiger partial charge on any atom is -0.456 e. The zero-order valence-electron chi connectivity index (χ0n) is 15.5. The summed E-state index contributed by atoms with van der Waals surface area (Å²) in [5.74, 6) is -1.44. The number of rotatable bonds is 6. The molecule has 1 spiro atoms. The number of nitrogens with zero attached hydrogens (tertiary/aromatic N) is 1. The summed E-state index contributed by atoms with van der Waals surface area (Å²) in [6.45, 7) is 1.23. The number of carbonyl (C=O) groups is 4. The number of benzene rings is 1. The first kappa shape index (κ1) is 20.1. The van der Waals surface area contributed by atoms with Crippen molar-refractivity contribution in [1.82, 2.24) is 10.2 Å². The van der Waals surface area contributed by atoms with Gasteiger partial charge in [0.05, 0.1) is 6.42 Å². The molecule has 8 nitrogen and oxygen atoms in total. The van der Waals surface area contributed by atoms with Gasteiger partial charge in [0, 0.05) is 17.3 Å². The highest BCUT2D eigenvalue weighted by atomic mass is 35.5. The SMILES string of the molecule is Cc1c(Cl)cccc1NC(=O)COC(=O)CCN1C(=O)NC2(CCCC2)C1=O. The third kappa shape index (κ3) is 4.11. The Balaban J connectivity index is 1.44. The second-order valence-electron chi connectivity index (χ2n) is 7.05. The van der Waals surface area contributed by atoms with Crippen molar-refractivity contribution in [3.05, 3.63) is 28.8 Å². The van der Waals surface area contributed by atoms with Crippen LogP contribution in [-0.2, 0) is 19.1 Å². The van der Waals surface area contributed by atoms with Crippen LogP contribution in [0.5, 0.6) is 0 Å². The monoisotopic (exact) mass is 407 g/mol. The standard InChI is InChI=1S/C19H22ClN3O5/c1-12-13(20)5-4-6-14(12)21-15(24)11-28-16(25)7-10-23-17(26)19(22-18(23)27)8-2-3-9-19/h4-6H,2-3,7-11H2,1H3,(H,21,24)(H,22,27). The molecule has 1 aromatic carbocycles. The molecule has 1 saturated heterocycles. The number of nitrogens with one attached hydrogen (secondary N) is 2. The minimum absolute atomic E-state index is 0.0692. The fraction of sp³-hybridized carbons (Fsp3) is 0.474. The molecule has 1 aliphatic heterocycles. The Morgan fingerprint density at radius 2 is 2.00 bits per heavy atom. The van der Waals surface area contributed by atoms with E-state index in [1.165, 1.54) is 0 Å². The Labute approximate surface area is 167 Å². The first-order valence-electron chi connectivity index (χ1n) is 9.17. The molecule has 1 aliphatic carbocycles. The summed E-state index contributed by atoms with van der Waals surface area (Å²) in [5, 5.41) is 5.89. The predicted molar refractivity (Wildman–Crippen MR) is 102 cm³/mol. The molecule has 0 aromatic heterocycles. The minimum atomic E-state index is -0.796. The van der Waals surface area contributed by atoms with E-state index in [4.69, 9.17) is 16.3 Å². The maximum absolute atomic E-state index is 12.5. The van der Waals surface area contributed by atoms with Gasteiger partial charge < -0.3 is 15.4 Å². The number of hydrogen-bond acceptors (Lipinski definition) is 5. The van der Waals surface area contributed by atoms with E-state index in [9.17, 15) is 19.2 Å². The number of hydrogen-bond donors (Lipinski definition) is 2. The number of carbonyl (C=O) groups excluding carboxylic acids is 4. The molecule has 0 unspecified atom stereocenters. The van der Waals surface area contributed by atoms with E-state index in [2.05, 4.69) is 10.6 Å². The molecule has 28 heavy (non-hydrogen) atoms. The maximum atomic E-state index is 12.5. The number of esters is 1. The number of urea groups is 1. The molecule has 3 rings (SSSR count). The molecule has 1 saturated carbocycles. The van der Waals surface area contributed by atoms with Crippen molar-refractivity contribution in [3.63, 3.8) is 0 Å². The Hall–Kier alpha value is -2.61. The van der Waals surface area contributed by atoms with E-state index < -0.39 is 30.1 Å². The van der Waals surface area contributed by atoms with Crippen molar-refractivity contribution in [2.24, 2.45) is 0 Å². The van der Waals surface area contributed by atoms with Gasteiger partial charge in [0.1, 0.15) is 5.54 Å². The van der Waals surface area contributed by atoms with E-state index in [0.29, 0.717) is 29.1 Å². The van der Waals surface area contributed by atoms with Crippen molar-refractivity contribution in [1.29, 1.82) is 0 Å². The van der Waals surface area contributed by atoms with E-state index in [1.807, 2.05) is 0 Å². The van der Waals surface area contributed by atoms with Crippen LogP contribution in [0.2, 0.25) is 5.02 Å². The summed E-state index contributed by atoms with van der Waals surface area (Å²) in [5.41, 5.74) is 0.452. The molecule has 150 valence electrons. The highest BCUT2D eigenvalue weighted by Gasteiger charge is 2.52. The van der Waals surface area contributed by atoms with Crippen LogP contribution < -0.4 is 10.6 Å². The van der Waals surface area contributed by atoms with E-state index >= 15 is 0 Å². The Bertz CT molecular complexity index is 820. The summed E-state index contributed by atoms with van der Waals surface area (Å²) in [6, 6.07) is 4.62. The molecule has 1 heterocycles. The number of halogens is 1. The van der Waals surface area contributed by atoms with Crippen LogP contribution in [0.25, 0.3) is 0 Å². The summed E-state index contributed by atoms with van der Waals surface area (Å²) < 4.78 is 4.94. The van der Waals surface area contributed by atoms with Crippen LogP contribution >= 0.6 is 11.6 Å². The summed E-state index contributed by atoms with van der Waals surface area (Å²) in [6.07, 6.45) is 2.87. The van der Waals surface area contributed by atoms with E-state index in [1.54, 1.807) is 25.1 Å². The lowest BCUT2D eigenvalue weighted by Gasteiger charge is -2.19. The first-order valence-corrected chi connectivity index (χ1v) is 9.55. The topological polar surface area (TPSA) is 105 Å². The number of ether oxygens (including phenoxy) is 1. The second-order valence-corrected chi connectivity index (χ2v) is 7.45. The lowest BCUT2D eigenvalue weighted by molar-refractivity contribution is -0.147. The van der Waals surface area contributed by atoms with Gasteiger partial charge in [0.2, 0.25) is 0 Å². The molecule has 4 amide bonds. The van der Waals surface area contributed by atoms with Crippen molar-refractivity contribution >= 4 is 41.1 Å². The Morgan fingerprint density at radius 3 is 2.71 bits per heavy atom. The summed E-state index contributed by atoms with van der Waals surface area (Å²) in [4.78, 5) is 49.5.